The number of carbonyl (C=O) groups is 1. The molecule has 3 nitrogen and oxygen atoms in total. The topological polar surface area (TPSA) is 50.2 Å². The molecule has 1 aromatic heterocycles. The number of rotatable bonds is 4. The van der Waals surface area contributed by atoms with Crippen molar-refractivity contribution in [3.05, 3.63) is 45.4 Å². The van der Waals surface area contributed by atoms with Gasteiger partial charge in [-0.2, -0.15) is 0 Å². The van der Waals surface area contributed by atoms with Crippen LogP contribution < -0.4 is 0 Å². The average molecular weight is 286 g/mol. The highest BCUT2D eigenvalue weighted by Gasteiger charge is 2.08. The lowest BCUT2D eigenvalue weighted by Crippen LogP contribution is -1.89. The van der Waals surface area contributed by atoms with Crippen molar-refractivity contribution >= 4 is 40.7 Å². The van der Waals surface area contributed by atoms with Crippen molar-refractivity contribution in [1.82, 2.24) is 4.98 Å². The van der Waals surface area contributed by atoms with Gasteiger partial charge in [0.15, 0.2) is 0 Å². The van der Waals surface area contributed by atoms with Crippen LogP contribution in [-0.2, 0) is 5.75 Å². The lowest BCUT2D eigenvalue weighted by Gasteiger charge is -1.99. The van der Waals surface area contributed by atoms with Gasteiger partial charge in [0.1, 0.15) is 9.88 Å². The van der Waals surface area contributed by atoms with E-state index in [2.05, 4.69) is 4.98 Å². The van der Waals surface area contributed by atoms with E-state index in [0.29, 0.717) is 10.8 Å². The van der Waals surface area contributed by atoms with E-state index in [0.717, 1.165) is 9.90 Å². The molecule has 0 aliphatic carbocycles. The van der Waals surface area contributed by atoms with Gasteiger partial charge in [-0.3, -0.25) is 0 Å². The highest BCUT2D eigenvalue weighted by Crippen LogP contribution is 2.26. The summed E-state index contributed by atoms with van der Waals surface area (Å²) in [6.45, 7) is 0. The number of carboxylic acids is 1. The van der Waals surface area contributed by atoms with E-state index >= 15 is 0 Å². The van der Waals surface area contributed by atoms with Crippen molar-refractivity contribution < 1.29 is 9.90 Å². The molecule has 0 aliphatic rings. The van der Waals surface area contributed by atoms with E-state index in [1.165, 1.54) is 17.5 Å². The Morgan fingerprint density at radius 1 is 1.53 bits per heavy atom. The van der Waals surface area contributed by atoms with Gasteiger partial charge in [0.2, 0.25) is 0 Å². The number of nitrogens with zero attached hydrogens (tertiary/aromatic N) is 1. The minimum Gasteiger partial charge on any atom is -0.477 e. The Bertz CT molecular complexity index is 542. The van der Waals surface area contributed by atoms with Crippen LogP contribution in [0.5, 0.6) is 0 Å². The van der Waals surface area contributed by atoms with E-state index in [1.807, 2.05) is 24.3 Å². The quantitative estimate of drug-likeness (QED) is 0.869. The second kappa shape index (κ2) is 5.53. The summed E-state index contributed by atoms with van der Waals surface area (Å²) in [4.78, 5) is 16.1. The van der Waals surface area contributed by atoms with Gasteiger partial charge in [0.25, 0.3) is 0 Å². The summed E-state index contributed by atoms with van der Waals surface area (Å²) < 4.78 is 0. The predicted molar refractivity (Wildman–Crippen MR) is 70.1 cm³/mol. The van der Waals surface area contributed by atoms with Crippen LogP contribution in [0.1, 0.15) is 14.7 Å². The van der Waals surface area contributed by atoms with Crippen LogP contribution in [0, 0.1) is 0 Å². The lowest BCUT2D eigenvalue weighted by atomic mass is 10.4. The number of thioether (sulfide) groups is 1. The molecule has 17 heavy (non-hydrogen) atoms. The third-order valence-electron chi connectivity index (χ3n) is 1.92. The molecule has 1 aromatic carbocycles. The molecule has 88 valence electrons. The predicted octanol–water partition coefficient (Wildman–Crippen LogP) is 3.79. The van der Waals surface area contributed by atoms with Crippen LogP contribution in [0.15, 0.2) is 35.4 Å². The third kappa shape index (κ3) is 3.46. The Labute approximate surface area is 111 Å². The maximum atomic E-state index is 10.7. The standard InChI is InChI=1S/C11H8ClNO2S2/c12-7-2-1-3-8(4-7)16-6-10-13-5-9(17-10)11(14)15/h1-5H,6H2,(H,14,15). The van der Waals surface area contributed by atoms with Gasteiger partial charge < -0.3 is 5.11 Å². The molecule has 1 N–H and O–H groups in total. The van der Waals surface area contributed by atoms with Crippen molar-refractivity contribution in [2.24, 2.45) is 0 Å². The third-order valence-corrected chi connectivity index (χ3v) is 4.33. The minimum atomic E-state index is -0.929. The van der Waals surface area contributed by atoms with Crippen molar-refractivity contribution in [2.45, 2.75) is 10.6 Å². The van der Waals surface area contributed by atoms with Crippen LogP contribution in [0.3, 0.4) is 0 Å². The molecule has 1 heterocycles. The Morgan fingerprint density at radius 2 is 2.35 bits per heavy atom. The largest absolute Gasteiger partial charge is 0.477 e. The average Bonchev–Trinajstić information content (AvgIpc) is 2.75. The Morgan fingerprint density at radius 3 is 3.00 bits per heavy atom. The maximum Gasteiger partial charge on any atom is 0.347 e. The summed E-state index contributed by atoms with van der Waals surface area (Å²) in [6.07, 6.45) is 1.39. The first-order valence-electron chi connectivity index (χ1n) is 4.71. The summed E-state index contributed by atoms with van der Waals surface area (Å²) in [6, 6.07) is 7.53. The van der Waals surface area contributed by atoms with Crippen LogP contribution in [0.4, 0.5) is 0 Å². The van der Waals surface area contributed by atoms with Crippen molar-refractivity contribution in [2.75, 3.05) is 0 Å². The molecule has 0 aliphatic heterocycles. The molecule has 2 aromatic rings. The van der Waals surface area contributed by atoms with Gasteiger partial charge in [-0.15, -0.1) is 23.1 Å². The number of halogens is 1. The first-order valence-corrected chi connectivity index (χ1v) is 6.89. The fourth-order valence-electron chi connectivity index (χ4n) is 1.18. The summed E-state index contributed by atoms with van der Waals surface area (Å²) in [5.41, 5.74) is 0. The molecular weight excluding hydrogens is 278 g/mol. The summed E-state index contributed by atoms with van der Waals surface area (Å²) in [5.74, 6) is -0.278. The second-order valence-corrected chi connectivity index (χ2v) is 5.77. The van der Waals surface area contributed by atoms with Gasteiger partial charge >= 0.3 is 5.97 Å². The van der Waals surface area contributed by atoms with Crippen molar-refractivity contribution in [1.29, 1.82) is 0 Å². The summed E-state index contributed by atoms with van der Waals surface area (Å²) in [7, 11) is 0. The Balaban J connectivity index is 2.00. The molecule has 0 spiro atoms. The van der Waals surface area contributed by atoms with Crippen LogP contribution >= 0.6 is 34.7 Å². The molecule has 0 bridgehead atoms. The van der Waals surface area contributed by atoms with E-state index < -0.39 is 5.97 Å². The van der Waals surface area contributed by atoms with Crippen LogP contribution in [-0.4, -0.2) is 16.1 Å². The zero-order valence-corrected chi connectivity index (χ0v) is 11.0. The smallest absolute Gasteiger partial charge is 0.347 e. The number of hydrogen-bond acceptors (Lipinski definition) is 4. The van der Waals surface area contributed by atoms with E-state index in [4.69, 9.17) is 16.7 Å². The zero-order chi connectivity index (χ0) is 12.3. The molecule has 2 rings (SSSR count). The van der Waals surface area contributed by atoms with Gasteiger partial charge in [0, 0.05) is 9.92 Å². The van der Waals surface area contributed by atoms with Crippen molar-refractivity contribution in [3.63, 3.8) is 0 Å². The molecule has 0 atom stereocenters. The number of thiazole rings is 1. The zero-order valence-electron chi connectivity index (χ0n) is 8.59. The number of hydrogen-bond donors (Lipinski definition) is 1. The normalized spacial score (nSPS) is 10.4. The van der Waals surface area contributed by atoms with Crippen LogP contribution in [0.25, 0.3) is 0 Å². The summed E-state index contributed by atoms with van der Waals surface area (Å²) >= 11 is 8.65. The molecule has 0 saturated heterocycles. The highest BCUT2D eigenvalue weighted by molar-refractivity contribution is 7.98. The van der Waals surface area contributed by atoms with Gasteiger partial charge in [0.05, 0.1) is 11.9 Å². The first kappa shape index (κ1) is 12.4. The molecule has 0 fully saturated rings. The molecule has 0 saturated carbocycles. The fraction of sp³-hybridized carbons (Fsp3) is 0.0909. The number of benzene rings is 1. The minimum absolute atomic E-state index is 0.270. The molecule has 0 radical (unpaired) electrons. The van der Waals surface area contributed by atoms with Gasteiger partial charge in [-0.25, -0.2) is 9.78 Å². The maximum absolute atomic E-state index is 10.7. The monoisotopic (exact) mass is 285 g/mol. The Hall–Kier alpha value is -1.04. The van der Waals surface area contributed by atoms with Crippen molar-refractivity contribution in [3.8, 4) is 0 Å². The molecular formula is C11H8ClNO2S2. The lowest BCUT2D eigenvalue weighted by molar-refractivity contribution is 0.0702. The molecule has 0 amide bonds. The summed E-state index contributed by atoms with van der Waals surface area (Å²) in [5, 5.41) is 10.3. The SMILES string of the molecule is O=C(O)c1cnc(CSc2cccc(Cl)c2)s1. The molecule has 6 heteroatoms. The first-order chi connectivity index (χ1) is 8.15. The van der Waals surface area contributed by atoms with E-state index in [-0.39, 0.29) is 4.88 Å². The highest BCUT2D eigenvalue weighted by atomic mass is 35.5. The van der Waals surface area contributed by atoms with E-state index in [1.54, 1.807) is 11.8 Å². The number of carboxylic acid groups (broad SMARTS) is 1. The fourth-order valence-corrected chi connectivity index (χ4v) is 3.15. The number of aromatic nitrogens is 1. The van der Waals surface area contributed by atoms with Gasteiger partial charge in [-0.05, 0) is 18.2 Å². The number of aromatic carboxylic acids is 1. The molecule has 0 unspecified atom stereocenters. The Kier molecular flexibility index (Phi) is 4.04. The van der Waals surface area contributed by atoms with Gasteiger partial charge in [-0.1, -0.05) is 17.7 Å². The van der Waals surface area contributed by atoms with Crippen LogP contribution in [0.2, 0.25) is 5.02 Å². The second-order valence-electron chi connectivity index (χ2n) is 3.17. The van der Waals surface area contributed by atoms with E-state index in [9.17, 15) is 4.79 Å².